The number of para-hydroxylation sites is 1. The molecule has 30 heavy (non-hydrogen) atoms. The summed E-state index contributed by atoms with van der Waals surface area (Å²) in [5, 5.41) is 5.42. The van der Waals surface area contributed by atoms with Gasteiger partial charge >= 0.3 is 0 Å². The van der Waals surface area contributed by atoms with Crippen molar-refractivity contribution in [2.45, 2.75) is 38.6 Å². The first-order chi connectivity index (χ1) is 14.7. The van der Waals surface area contributed by atoms with E-state index in [2.05, 4.69) is 39.4 Å². The molecule has 0 bridgehead atoms. The molecule has 0 radical (unpaired) electrons. The lowest BCUT2D eigenvalue weighted by Crippen LogP contribution is -2.20. The van der Waals surface area contributed by atoms with Crippen LogP contribution in [0.25, 0.3) is 10.9 Å². The van der Waals surface area contributed by atoms with Gasteiger partial charge in [0.1, 0.15) is 0 Å². The number of aromatic nitrogens is 1. The second kappa shape index (κ2) is 9.03. The third-order valence-electron chi connectivity index (χ3n) is 5.66. The van der Waals surface area contributed by atoms with Gasteiger partial charge in [0.05, 0.1) is 20.4 Å². The van der Waals surface area contributed by atoms with Gasteiger partial charge in [0.2, 0.25) is 5.91 Å². The fourth-order valence-corrected chi connectivity index (χ4v) is 4.22. The van der Waals surface area contributed by atoms with Crippen molar-refractivity contribution in [1.82, 2.24) is 9.99 Å². The predicted molar refractivity (Wildman–Crippen MR) is 118 cm³/mol. The fraction of sp³-hybridized carbons (Fsp3) is 0.333. The van der Waals surface area contributed by atoms with Crippen molar-refractivity contribution < 1.29 is 14.3 Å². The van der Waals surface area contributed by atoms with E-state index < -0.39 is 0 Å². The Kier molecular flexibility index (Phi) is 6.02. The van der Waals surface area contributed by atoms with Crippen LogP contribution in [0.5, 0.6) is 11.5 Å². The molecule has 0 saturated heterocycles. The van der Waals surface area contributed by atoms with Gasteiger partial charge in [0.25, 0.3) is 0 Å². The van der Waals surface area contributed by atoms with E-state index in [-0.39, 0.29) is 5.91 Å². The molecule has 1 aromatic heterocycles. The van der Waals surface area contributed by atoms with E-state index in [0.717, 1.165) is 18.4 Å². The standard InChI is InChI=1S/C24H27N3O3/c1-29-22-12-11-17(15-23(22)30-2)16-25-26-24(28)13-14-27-20-9-5-3-7-18(20)19-8-4-6-10-21(19)27/h3,5,7,9,11-12,15-16H,4,6,8,10,13-14H2,1-2H3,(H,26,28)/b25-16-. The summed E-state index contributed by atoms with van der Waals surface area (Å²) < 4.78 is 12.8. The number of benzene rings is 2. The van der Waals surface area contributed by atoms with E-state index in [4.69, 9.17) is 9.47 Å². The van der Waals surface area contributed by atoms with Crippen LogP contribution >= 0.6 is 0 Å². The normalized spacial score (nSPS) is 13.4. The molecule has 0 saturated carbocycles. The Bertz CT molecular complexity index is 1080. The molecule has 6 heteroatoms. The van der Waals surface area contributed by atoms with Gasteiger partial charge in [-0.3, -0.25) is 4.79 Å². The molecule has 3 aromatic rings. The molecule has 0 aliphatic heterocycles. The molecule has 1 aliphatic carbocycles. The van der Waals surface area contributed by atoms with E-state index in [1.54, 1.807) is 20.4 Å². The van der Waals surface area contributed by atoms with Crippen LogP contribution in [0.4, 0.5) is 0 Å². The first kappa shape index (κ1) is 20.0. The Balaban J connectivity index is 1.41. The van der Waals surface area contributed by atoms with Crippen LogP contribution in [-0.4, -0.2) is 30.9 Å². The highest BCUT2D eigenvalue weighted by molar-refractivity contribution is 5.86. The lowest BCUT2D eigenvalue weighted by atomic mass is 9.95. The third-order valence-corrected chi connectivity index (χ3v) is 5.66. The number of methoxy groups -OCH3 is 2. The number of ether oxygens (including phenoxy) is 2. The monoisotopic (exact) mass is 405 g/mol. The highest BCUT2D eigenvalue weighted by Crippen LogP contribution is 2.32. The van der Waals surface area contributed by atoms with Gasteiger partial charge in [-0.05, 0) is 61.1 Å². The molecule has 0 fully saturated rings. The Morgan fingerprint density at radius 1 is 1.10 bits per heavy atom. The molecule has 0 atom stereocenters. The van der Waals surface area contributed by atoms with Crippen LogP contribution in [0.1, 0.15) is 36.1 Å². The summed E-state index contributed by atoms with van der Waals surface area (Å²) in [7, 11) is 3.18. The fourth-order valence-electron chi connectivity index (χ4n) is 4.22. The number of rotatable bonds is 7. The highest BCUT2D eigenvalue weighted by atomic mass is 16.5. The van der Waals surface area contributed by atoms with Crippen molar-refractivity contribution in [3.63, 3.8) is 0 Å². The van der Waals surface area contributed by atoms with E-state index >= 15 is 0 Å². The van der Waals surface area contributed by atoms with Crippen LogP contribution in [0, 0.1) is 0 Å². The number of carbonyl (C=O) groups is 1. The maximum atomic E-state index is 12.4. The second-order valence-electron chi connectivity index (χ2n) is 7.46. The minimum atomic E-state index is -0.103. The largest absolute Gasteiger partial charge is 0.493 e. The molecule has 1 N–H and O–H groups in total. The average molecular weight is 405 g/mol. The minimum absolute atomic E-state index is 0.103. The Hall–Kier alpha value is -3.28. The Morgan fingerprint density at radius 3 is 2.73 bits per heavy atom. The second-order valence-corrected chi connectivity index (χ2v) is 7.46. The van der Waals surface area contributed by atoms with Gasteiger partial charge in [0.15, 0.2) is 11.5 Å². The van der Waals surface area contributed by atoms with Crippen molar-refractivity contribution in [1.29, 1.82) is 0 Å². The summed E-state index contributed by atoms with van der Waals surface area (Å²) in [6, 6.07) is 14.0. The molecule has 1 amide bonds. The first-order valence-electron chi connectivity index (χ1n) is 10.3. The Morgan fingerprint density at radius 2 is 1.90 bits per heavy atom. The van der Waals surface area contributed by atoms with Gasteiger partial charge in [-0.1, -0.05) is 18.2 Å². The van der Waals surface area contributed by atoms with Crippen LogP contribution in [0.3, 0.4) is 0 Å². The number of hydrogen-bond acceptors (Lipinski definition) is 4. The Labute approximate surface area is 176 Å². The van der Waals surface area contributed by atoms with E-state index in [9.17, 15) is 4.79 Å². The van der Waals surface area contributed by atoms with Crippen molar-refractivity contribution in [2.75, 3.05) is 14.2 Å². The summed E-state index contributed by atoms with van der Waals surface area (Å²) in [6.45, 7) is 0.660. The van der Waals surface area contributed by atoms with Gasteiger partial charge in [-0.15, -0.1) is 0 Å². The SMILES string of the molecule is COc1ccc(/C=N\NC(=O)CCn2c3c(c4ccccc42)CCCC3)cc1OC. The van der Waals surface area contributed by atoms with E-state index in [0.29, 0.717) is 24.5 Å². The quantitative estimate of drug-likeness (QED) is 0.476. The summed E-state index contributed by atoms with van der Waals surface area (Å²) in [5.74, 6) is 1.17. The van der Waals surface area contributed by atoms with Crippen LogP contribution in [0.15, 0.2) is 47.6 Å². The molecule has 0 spiro atoms. The number of amides is 1. The number of nitrogens with one attached hydrogen (secondary N) is 1. The van der Waals surface area contributed by atoms with Gasteiger partial charge in [-0.2, -0.15) is 5.10 Å². The van der Waals surface area contributed by atoms with Crippen molar-refractivity contribution in [3.05, 3.63) is 59.3 Å². The number of nitrogens with zero attached hydrogens (tertiary/aromatic N) is 2. The van der Waals surface area contributed by atoms with Gasteiger partial charge < -0.3 is 14.0 Å². The lowest BCUT2D eigenvalue weighted by Gasteiger charge is -2.15. The number of hydrogen-bond donors (Lipinski definition) is 1. The zero-order valence-electron chi connectivity index (χ0n) is 17.5. The topological polar surface area (TPSA) is 64.8 Å². The van der Waals surface area contributed by atoms with Crippen molar-refractivity contribution in [2.24, 2.45) is 5.10 Å². The molecule has 4 rings (SSSR count). The smallest absolute Gasteiger partial charge is 0.241 e. The van der Waals surface area contributed by atoms with Crippen LogP contribution < -0.4 is 14.9 Å². The number of aryl methyl sites for hydroxylation is 2. The molecular formula is C24H27N3O3. The third kappa shape index (κ3) is 4.03. The number of hydrazone groups is 1. The summed E-state index contributed by atoms with van der Waals surface area (Å²) in [6.07, 6.45) is 6.66. The van der Waals surface area contributed by atoms with Gasteiger partial charge in [-0.25, -0.2) is 5.43 Å². The summed E-state index contributed by atoms with van der Waals surface area (Å²) >= 11 is 0. The van der Waals surface area contributed by atoms with Crippen LogP contribution in [0.2, 0.25) is 0 Å². The number of fused-ring (bicyclic) bond motifs is 3. The van der Waals surface area contributed by atoms with Crippen molar-refractivity contribution in [3.8, 4) is 11.5 Å². The summed E-state index contributed by atoms with van der Waals surface area (Å²) in [4.78, 5) is 12.4. The van der Waals surface area contributed by atoms with E-state index in [1.807, 2.05) is 18.2 Å². The maximum absolute atomic E-state index is 12.4. The molecule has 6 nitrogen and oxygen atoms in total. The molecule has 1 aliphatic rings. The van der Waals surface area contributed by atoms with Crippen molar-refractivity contribution >= 4 is 23.0 Å². The summed E-state index contributed by atoms with van der Waals surface area (Å²) in [5.41, 5.74) is 7.53. The predicted octanol–water partition coefficient (Wildman–Crippen LogP) is 4.08. The van der Waals surface area contributed by atoms with Gasteiger partial charge in [0, 0.05) is 29.6 Å². The lowest BCUT2D eigenvalue weighted by molar-refractivity contribution is -0.121. The molecule has 2 aromatic carbocycles. The molecular weight excluding hydrogens is 378 g/mol. The highest BCUT2D eigenvalue weighted by Gasteiger charge is 2.19. The zero-order valence-corrected chi connectivity index (χ0v) is 17.5. The van der Waals surface area contributed by atoms with E-state index in [1.165, 1.54) is 35.0 Å². The molecule has 156 valence electrons. The average Bonchev–Trinajstić information content (AvgIpc) is 3.11. The first-order valence-corrected chi connectivity index (χ1v) is 10.3. The number of carbonyl (C=O) groups excluding carboxylic acids is 1. The molecule has 1 heterocycles. The minimum Gasteiger partial charge on any atom is -0.493 e. The van der Waals surface area contributed by atoms with Crippen LogP contribution in [-0.2, 0) is 24.2 Å². The zero-order chi connectivity index (χ0) is 20.9. The maximum Gasteiger partial charge on any atom is 0.241 e. The molecule has 0 unspecified atom stereocenters.